The second-order valence-corrected chi connectivity index (χ2v) is 9.04. The van der Waals surface area contributed by atoms with Crippen molar-refractivity contribution >= 4 is 38.9 Å². The summed E-state index contributed by atoms with van der Waals surface area (Å²) in [4.78, 5) is 2.21. The fraction of sp³-hybridized carbons (Fsp3) is 0.368. The van der Waals surface area contributed by atoms with Crippen molar-refractivity contribution in [2.24, 2.45) is 0 Å². The van der Waals surface area contributed by atoms with Gasteiger partial charge in [-0.25, -0.2) is 8.42 Å². The van der Waals surface area contributed by atoms with Gasteiger partial charge in [-0.2, -0.15) is 4.31 Å². The zero-order valence-corrected chi connectivity index (χ0v) is 17.6. The Hall–Kier alpha value is -1.47. The van der Waals surface area contributed by atoms with Gasteiger partial charge in [0.05, 0.1) is 17.3 Å². The van der Waals surface area contributed by atoms with E-state index >= 15 is 0 Å². The molecule has 146 valence electrons. The molecule has 2 aromatic rings. The van der Waals surface area contributed by atoms with Gasteiger partial charge in [0.25, 0.3) is 0 Å². The van der Waals surface area contributed by atoms with Crippen LogP contribution in [0.4, 0.5) is 5.69 Å². The van der Waals surface area contributed by atoms with Crippen molar-refractivity contribution in [3.8, 4) is 5.75 Å². The molecule has 0 N–H and O–H groups in total. The van der Waals surface area contributed by atoms with Crippen LogP contribution in [0.2, 0.25) is 10.0 Å². The molecule has 1 aliphatic heterocycles. The lowest BCUT2D eigenvalue weighted by atomic mass is 10.2. The van der Waals surface area contributed by atoms with Crippen molar-refractivity contribution in [3.05, 3.63) is 52.0 Å². The third-order valence-electron chi connectivity index (χ3n) is 4.57. The second kappa shape index (κ2) is 8.27. The summed E-state index contributed by atoms with van der Waals surface area (Å²) in [5, 5.41) is 1.07. The zero-order valence-electron chi connectivity index (χ0n) is 15.3. The standard InChI is InChI=1S/C19H22Cl2N2O3S/c1-3-26-18-12-14(2)16(21)13-19(18)27(24,25)23-10-8-22(9-11-23)17-7-5-4-6-15(17)20/h4-7,12-13H,3,8-11H2,1-2H3. The quantitative estimate of drug-likeness (QED) is 0.715. The molecule has 0 bridgehead atoms. The number of halogens is 2. The number of nitrogens with zero attached hydrogens (tertiary/aromatic N) is 2. The summed E-state index contributed by atoms with van der Waals surface area (Å²) in [6.07, 6.45) is 0. The minimum atomic E-state index is -3.71. The molecular weight excluding hydrogens is 407 g/mol. The van der Waals surface area contributed by atoms with Crippen LogP contribution in [0.5, 0.6) is 5.75 Å². The molecule has 0 saturated carbocycles. The van der Waals surface area contributed by atoms with Crippen LogP contribution in [0.3, 0.4) is 0 Å². The van der Waals surface area contributed by atoms with Crippen LogP contribution in [0.15, 0.2) is 41.3 Å². The maximum absolute atomic E-state index is 13.2. The third kappa shape index (κ3) is 4.19. The van der Waals surface area contributed by atoms with Gasteiger partial charge in [-0.15, -0.1) is 0 Å². The number of piperazine rings is 1. The first-order chi connectivity index (χ1) is 12.8. The molecule has 2 aromatic carbocycles. The van der Waals surface area contributed by atoms with Crippen LogP contribution in [-0.4, -0.2) is 45.5 Å². The molecule has 8 heteroatoms. The molecule has 1 heterocycles. The fourth-order valence-electron chi connectivity index (χ4n) is 3.12. The summed E-state index contributed by atoms with van der Waals surface area (Å²) < 4.78 is 33.4. The maximum Gasteiger partial charge on any atom is 0.246 e. The second-order valence-electron chi connectivity index (χ2n) is 6.32. The molecule has 1 saturated heterocycles. The lowest BCUT2D eigenvalue weighted by Gasteiger charge is -2.36. The van der Waals surface area contributed by atoms with E-state index in [2.05, 4.69) is 4.90 Å². The number of aryl methyl sites for hydroxylation is 1. The number of benzene rings is 2. The van der Waals surface area contributed by atoms with Gasteiger partial charge in [0.2, 0.25) is 10.0 Å². The van der Waals surface area contributed by atoms with E-state index in [4.69, 9.17) is 27.9 Å². The van der Waals surface area contributed by atoms with Crippen LogP contribution in [0, 0.1) is 6.92 Å². The van der Waals surface area contributed by atoms with Gasteiger partial charge in [-0.05, 0) is 43.7 Å². The van der Waals surface area contributed by atoms with Gasteiger partial charge in [-0.3, -0.25) is 0 Å². The first kappa shape index (κ1) is 20.3. The molecule has 0 spiro atoms. The van der Waals surface area contributed by atoms with Crippen molar-refractivity contribution in [1.82, 2.24) is 4.31 Å². The Labute approximate surface area is 170 Å². The molecule has 0 aliphatic carbocycles. The summed E-state index contributed by atoms with van der Waals surface area (Å²) in [7, 11) is -3.71. The molecule has 3 rings (SSSR count). The summed E-state index contributed by atoms with van der Waals surface area (Å²) >= 11 is 12.5. The number of hydrogen-bond donors (Lipinski definition) is 0. The number of sulfonamides is 1. The Morgan fingerprint density at radius 1 is 1.04 bits per heavy atom. The number of para-hydroxylation sites is 1. The molecule has 0 radical (unpaired) electrons. The topological polar surface area (TPSA) is 49.9 Å². The molecule has 1 fully saturated rings. The SMILES string of the molecule is CCOc1cc(C)c(Cl)cc1S(=O)(=O)N1CCN(c2ccccc2Cl)CC1. The van der Waals surface area contributed by atoms with Gasteiger partial charge < -0.3 is 9.64 Å². The van der Waals surface area contributed by atoms with E-state index in [1.54, 1.807) is 6.07 Å². The molecule has 0 atom stereocenters. The maximum atomic E-state index is 13.2. The molecular formula is C19H22Cl2N2O3S. The van der Waals surface area contributed by atoms with E-state index in [1.807, 2.05) is 38.1 Å². The normalized spacial score (nSPS) is 15.8. The van der Waals surface area contributed by atoms with E-state index in [9.17, 15) is 8.42 Å². The summed E-state index contributed by atoms with van der Waals surface area (Å²) in [5.74, 6) is 0.341. The number of anilines is 1. The van der Waals surface area contributed by atoms with E-state index in [-0.39, 0.29) is 4.90 Å². The number of hydrogen-bond acceptors (Lipinski definition) is 4. The minimum absolute atomic E-state index is 0.117. The molecule has 5 nitrogen and oxygen atoms in total. The lowest BCUT2D eigenvalue weighted by molar-refractivity contribution is 0.327. The molecule has 0 unspecified atom stereocenters. The van der Waals surface area contributed by atoms with Gasteiger partial charge in [0.15, 0.2) is 0 Å². The number of ether oxygens (including phenoxy) is 1. The van der Waals surface area contributed by atoms with Gasteiger partial charge in [-0.1, -0.05) is 35.3 Å². The average Bonchev–Trinajstić information content (AvgIpc) is 2.65. The molecule has 0 aromatic heterocycles. The lowest BCUT2D eigenvalue weighted by Crippen LogP contribution is -2.48. The third-order valence-corrected chi connectivity index (χ3v) is 7.22. The summed E-state index contributed by atoms with van der Waals surface area (Å²) in [6.45, 7) is 5.88. The van der Waals surface area contributed by atoms with E-state index < -0.39 is 10.0 Å². The van der Waals surface area contributed by atoms with Crippen molar-refractivity contribution in [1.29, 1.82) is 0 Å². The Kier molecular flexibility index (Phi) is 6.21. The highest BCUT2D eigenvalue weighted by molar-refractivity contribution is 7.89. The molecule has 27 heavy (non-hydrogen) atoms. The van der Waals surface area contributed by atoms with Crippen LogP contribution < -0.4 is 9.64 Å². The monoisotopic (exact) mass is 428 g/mol. The highest BCUT2D eigenvalue weighted by atomic mass is 35.5. The zero-order chi connectivity index (χ0) is 19.6. The van der Waals surface area contributed by atoms with E-state index in [1.165, 1.54) is 10.4 Å². The Morgan fingerprint density at radius 2 is 1.70 bits per heavy atom. The number of rotatable bonds is 5. The Morgan fingerprint density at radius 3 is 2.33 bits per heavy atom. The van der Waals surface area contributed by atoms with Crippen molar-refractivity contribution in [2.75, 3.05) is 37.7 Å². The Bertz CT molecular complexity index is 927. The largest absolute Gasteiger partial charge is 0.492 e. The predicted octanol–water partition coefficient (Wildman–Crippen LogP) is 4.21. The smallest absolute Gasteiger partial charge is 0.246 e. The molecule has 1 aliphatic rings. The summed E-state index contributed by atoms with van der Waals surface area (Å²) in [6, 6.07) is 10.7. The van der Waals surface area contributed by atoms with Crippen molar-refractivity contribution in [2.45, 2.75) is 18.7 Å². The van der Waals surface area contributed by atoms with Crippen LogP contribution >= 0.6 is 23.2 Å². The van der Waals surface area contributed by atoms with Crippen molar-refractivity contribution in [3.63, 3.8) is 0 Å². The highest BCUT2D eigenvalue weighted by Crippen LogP contribution is 2.33. The van der Waals surface area contributed by atoms with Crippen LogP contribution in [0.1, 0.15) is 12.5 Å². The fourth-order valence-corrected chi connectivity index (χ4v) is 5.17. The van der Waals surface area contributed by atoms with Gasteiger partial charge in [0, 0.05) is 31.2 Å². The van der Waals surface area contributed by atoms with Crippen LogP contribution in [0.25, 0.3) is 0 Å². The first-order valence-corrected chi connectivity index (χ1v) is 11.0. The Balaban J connectivity index is 1.83. The first-order valence-electron chi connectivity index (χ1n) is 8.77. The van der Waals surface area contributed by atoms with Gasteiger partial charge in [0.1, 0.15) is 10.6 Å². The highest BCUT2D eigenvalue weighted by Gasteiger charge is 2.32. The van der Waals surface area contributed by atoms with Crippen LogP contribution in [-0.2, 0) is 10.0 Å². The van der Waals surface area contributed by atoms with E-state index in [0.29, 0.717) is 48.6 Å². The molecule has 0 amide bonds. The summed E-state index contributed by atoms with van der Waals surface area (Å²) in [5.41, 5.74) is 1.70. The van der Waals surface area contributed by atoms with Gasteiger partial charge >= 0.3 is 0 Å². The van der Waals surface area contributed by atoms with Crippen molar-refractivity contribution < 1.29 is 13.2 Å². The predicted molar refractivity (Wildman–Crippen MR) is 110 cm³/mol. The average molecular weight is 429 g/mol. The minimum Gasteiger partial charge on any atom is -0.492 e. The van der Waals surface area contributed by atoms with E-state index in [0.717, 1.165) is 11.3 Å².